The van der Waals surface area contributed by atoms with Crippen LogP contribution >= 0.6 is 0 Å². The third kappa shape index (κ3) is 2.54. The molecule has 4 heterocycles. The van der Waals surface area contributed by atoms with Crippen molar-refractivity contribution in [2.24, 2.45) is 0 Å². The van der Waals surface area contributed by atoms with E-state index in [0.717, 1.165) is 5.56 Å². The Morgan fingerprint density at radius 1 is 1.38 bits per heavy atom. The maximum absolute atomic E-state index is 12.3. The monoisotopic (exact) mass is 328 g/mol. The fraction of sp³-hybridized carbons (Fsp3) is 0.471. The maximum atomic E-state index is 12.3. The zero-order chi connectivity index (χ0) is 16.7. The van der Waals surface area contributed by atoms with Crippen molar-refractivity contribution in [3.05, 3.63) is 41.9 Å². The number of hydrogen-bond acceptors (Lipinski definition) is 6. The highest BCUT2D eigenvalue weighted by molar-refractivity contribution is 5.99. The summed E-state index contributed by atoms with van der Waals surface area (Å²) in [6.45, 7) is 6.44. The van der Waals surface area contributed by atoms with Crippen molar-refractivity contribution in [2.75, 3.05) is 24.6 Å². The van der Waals surface area contributed by atoms with Crippen LogP contribution in [0.4, 0.5) is 5.82 Å². The lowest BCUT2D eigenvalue weighted by Crippen LogP contribution is -2.45. The summed E-state index contributed by atoms with van der Waals surface area (Å²) in [7, 11) is 0. The molecule has 2 aliphatic heterocycles. The van der Waals surface area contributed by atoms with Gasteiger partial charge in [-0.25, -0.2) is 9.78 Å². The van der Waals surface area contributed by atoms with E-state index in [0.29, 0.717) is 37.6 Å². The van der Waals surface area contributed by atoms with Gasteiger partial charge in [-0.1, -0.05) is 0 Å². The van der Waals surface area contributed by atoms with Crippen molar-refractivity contribution in [3.8, 4) is 0 Å². The number of rotatable bonds is 3. The molecule has 24 heavy (non-hydrogen) atoms. The van der Waals surface area contributed by atoms with Crippen LogP contribution in [-0.2, 0) is 21.6 Å². The SMILES string of the molecule is CC1(C)OC(=O)c2c1ccnc2N1CCO[C@@H](Cn2cccn2)C1. The van der Waals surface area contributed by atoms with Gasteiger partial charge in [-0.3, -0.25) is 4.68 Å². The fourth-order valence-electron chi connectivity index (χ4n) is 3.37. The third-order valence-corrected chi connectivity index (χ3v) is 4.52. The lowest BCUT2D eigenvalue weighted by molar-refractivity contribution is 0.00941. The van der Waals surface area contributed by atoms with Crippen LogP contribution in [0.1, 0.15) is 29.8 Å². The van der Waals surface area contributed by atoms with Crippen LogP contribution in [0.25, 0.3) is 0 Å². The molecule has 0 aliphatic carbocycles. The number of ether oxygens (including phenoxy) is 2. The van der Waals surface area contributed by atoms with Gasteiger partial charge in [0.05, 0.1) is 19.3 Å². The first-order chi connectivity index (χ1) is 11.5. The number of morpholine rings is 1. The van der Waals surface area contributed by atoms with Gasteiger partial charge in [0.1, 0.15) is 17.0 Å². The second-order valence-corrected chi connectivity index (χ2v) is 6.62. The average Bonchev–Trinajstić information content (AvgIpc) is 3.14. The topological polar surface area (TPSA) is 69.5 Å². The van der Waals surface area contributed by atoms with E-state index in [4.69, 9.17) is 9.47 Å². The van der Waals surface area contributed by atoms with E-state index in [9.17, 15) is 4.79 Å². The highest BCUT2D eigenvalue weighted by Crippen LogP contribution is 2.39. The summed E-state index contributed by atoms with van der Waals surface area (Å²) >= 11 is 0. The van der Waals surface area contributed by atoms with Crippen molar-refractivity contribution in [3.63, 3.8) is 0 Å². The van der Waals surface area contributed by atoms with Gasteiger partial charge in [-0.15, -0.1) is 0 Å². The zero-order valence-electron chi connectivity index (χ0n) is 13.8. The molecule has 0 amide bonds. The zero-order valence-corrected chi connectivity index (χ0v) is 13.8. The normalized spacial score (nSPS) is 22.3. The first-order valence-corrected chi connectivity index (χ1v) is 8.11. The Hall–Kier alpha value is -2.41. The van der Waals surface area contributed by atoms with Crippen molar-refractivity contribution < 1.29 is 14.3 Å². The standard InChI is InChI=1S/C17H20N4O3/c1-17(2)13-4-6-18-15(14(13)16(22)24-17)20-8-9-23-12(10-20)11-21-7-3-5-19-21/h3-7,12H,8-11H2,1-2H3/t12-/m1/s1. The number of cyclic esters (lactones) is 1. The molecule has 1 atom stereocenters. The van der Waals surface area contributed by atoms with E-state index in [2.05, 4.69) is 15.0 Å². The number of fused-ring (bicyclic) bond motifs is 1. The van der Waals surface area contributed by atoms with Gasteiger partial charge in [-0.2, -0.15) is 5.10 Å². The lowest BCUT2D eigenvalue weighted by Gasteiger charge is -2.34. The number of carbonyl (C=O) groups is 1. The Kier molecular flexibility index (Phi) is 3.53. The first-order valence-electron chi connectivity index (χ1n) is 8.11. The molecule has 2 aromatic rings. The van der Waals surface area contributed by atoms with Crippen molar-refractivity contribution in [1.29, 1.82) is 0 Å². The molecule has 126 valence electrons. The van der Waals surface area contributed by atoms with E-state index in [1.165, 1.54) is 0 Å². The Morgan fingerprint density at radius 2 is 2.25 bits per heavy atom. The third-order valence-electron chi connectivity index (χ3n) is 4.52. The molecule has 2 aliphatic rings. The molecule has 2 aromatic heterocycles. The Morgan fingerprint density at radius 3 is 3.04 bits per heavy atom. The van der Waals surface area contributed by atoms with Crippen LogP contribution in [0, 0.1) is 0 Å². The summed E-state index contributed by atoms with van der Waals surface area (Å²) in [6.07, 6.45) is 5.42. The molecule has 0 unspecified atom stereocenters. The Bertz CT molecular complexity index is 757. The number of anilines is 1. The molecule has 0 bridgehead atoms. The highest BCUT2D eigenvalue weighted by atomic mass is 16.6. The number of esters is 1. The average molecular weight is 328 g/mol. The summed E-state index contributed by atoms with van der Waals surface area (Å²) in [5, 5.41) is 4.23. The van der Waals surface area contributed by atoms with E-state index in [1.54, 1.807) is 12.4 Å². The van der Waals surface area contributed by atoms with E-state index in [1.807, 2.05) is 36.9 Å². The molecule has 0 radical (unpaired) electrons. The molecule has 4 rings (SSSR count). The van der Waals surface area contributed by atoms with Gasteiger partial charge < -0.3 is 14.4 Å². The van der Waals surface area contributed by atoms with Crippen molar-refractivity contribution >= 4 is 11.8 Å². The molecule has 1 saturated heterocycles. The van der Waals surface area contributed by atoms with E-state index in [-0.39, 0.29) is 12.1 Å². The second-order valence-electron chi connectivity index (χ2n) is 6.62. The minimum Gasteiger partial charge on any atom is -0.451 e. The van der Waals surface area contributed by atoms with E-state index < -0.39 is 5.60 Å². The van der Waals surface area contributed by atoms with Crippen LogP contribution in [0.2, 0.25) is 0 Å². The van der Waals surface area contributed by atoms with Gasteiger partial charge >= 0.3 is 5.97 Å². The number of hydrogen-bond donors (Lipinski definition) is 0. The number of nitrogens with zero attached hydrogens (tertiary/aromatic N) is 4. The largest absolute Gasteiger partial charge is 0.451 e. The number of pyridine rings is 1. The maximum Gasteiger partial charge on any atom is 0.343 e. The van der Waals surface area contributed by atoms with Crippen LogP contribution in [-0.4, -0.2) is 46.5 Å². The predicted octanol–water partition coefficient (Wildman–Crippen LogP) is 1.59. The molecular weight excluding hydrogens is 308 g/mol. The molecule has 0 aromatic carbocycles. The van der Waals surface area contributed by atoms with Gasteiger partial charge in [0.15, 0.2) is 0 Å². The van der Waals surface area contributed by atoms with Gasteiger partial charge in [0.25, 0.3) is 0 Å². The second kappa shape index (κ2) is 5.59. The molecule has 0 saturated carbocycles. The van der Waals surface area contributed by atoms with Crippen molar-refractivity contribution in [2.45, 2.75) is 32.1 Å². The minimum absolute atomic E-state index is 0.00161. The molecule has 0 N–H and O–H groups in total. The van der Waals surface area contributed by atoms with Crippen LogP contribution in [0.3, 0.4) is 0 Å². The fourth-order valence-corrected chi connectivity index (χ4v) is 3.37. The van der Waals surface area contributed by atoms with Crippen LogP contribution in [0.15, 0.2) is 30.7 Å². The molecular formula is C17H20N4O3. The molecule has 7 heteroatoms. The predicted molar refractivity (Wildman–Crippen MR) is 86.9 cm³/mol. The highest BCUT2D eigenvalue weighted by Gasteiger charge is 2.41. The summed E-state index contributed by atoms with van der Waals surface area (Å²) < 4.78 is 13.2. The van der Waals surface area contributed by atoms with Gasteiger partial charge in [0.2, 0.25) is 0 Å². The summed E-state index contributed by atoms with van der Waals surface area (Å²) in [5.74, 6) is 0.394. The quantitative estimate of drug-likeness (QED) is 0.797. The van der Waals surface area contributed by atoms with E-state index >= 15 is 0 Å². The summed E-state index contributed by atoms with van der Waals surface area (Å²) in [6, 6.07) is 3.76. The van der Waals surface area contributed by atoms with Crippen molar-refractivity contribution in [1.82, 2.24) is 14.8 Å². The van der Waals surface area contributed by atoms with Gasteiger partial charge in [0, 0.05) is 37.2 Å². The Labute approximate surface area is 140 Å². The molecule has 1 fully saturated rings. The first kappa shape index (κ1) is 15.1. The van der Waals surface area contributed by atoms with Crippen LogP contribution < -0.4 is 4.90 Å². The minimum atomic E-state index is -0.606. The Balaban J connectivity index is 1.60. The lowest BCUT2D eigenvalue weighted by atomic mass is 9.97. The van der Waals surface area contributed by atoms with Gasteiger partial charge in [-0.05, 0) is 26.0 Å². The number of carbonyl (C=O) groups excluding carboxylic acids is 1. The smallest absolute Gasteiger partial charge is 0.343 e. The molecule has 0 spiro atoms. The summed E-state index contributed by atoms with van der Waals surface area (Å²) in [5.41, 5.74) is 0.875. The van der Waals surface area contributed by atoms with Crippen LogP contribution in [0.5, 0.6) is 0 Å². The summed E-state index contributed by atoms with van der Waals surface area (Å²) in [4.78, 5) is 18.9. The molecule has 7 nitrogen and oxygen atoms in total. The number of aromatic nitrogens is 3.